The molecule has 9 heteroatoms. The van der Waals surface area contributed by atoms with E-state index >= 15 is 0 Å². The van der Waals surface area contributed by atoms with Gasteiger partial charge in [-0.15, -0.1) is 0 Å². The topological polar surface area (TPSA) is 104 Å². The van der Waals surface area contributed by atoms with Crippen LogP contribution in [0.5, 0.6) is 0 Å². The Morgan fingerprint density at radius 2 is 1.63 bits per heavy atom. The van der Waals surface area contributed by atoms with Gasteiger partial charge in [0.2, 0.25) is 10.0 Å². The maximum absolute atomic E-state index is 12.4. The summed E-state index contributed by atoms with van der Waals surface area (Å²) in [5, 5.41) is 0.490. The van der Waals surface area contributed by atoms with Gasteiger partial charge < -0.3 is 0 Å². The van der Waals surface area contributed by atoms with E-state index in [1.54, 1.807) is 25.1 Å². The molecule has 1 aliphatic carbocycles. The minimum Gasteiger partial charge on any atom is -0.267 e. The molecule has 0 aromatic heterocycles. The predicted molar refractivity (Wildman–Crippen MR) is 101 cm³/mol. The molecule has 0 saturated heterocycles. The molecule has 0 spiro atoms. The minimum atomic E-state index is -3.68. The number of nitrogens with one attached hydrogen (secondary N) is 3. The van der Waals surface area contributed by atoms with Crippen LogP contribution in [0.2, 0.25) is 5.02 Å². The van der Waals surface area contributed by atoms with Gasteiger partial charge in [0.05, 0.1) is 4.90 Å². The SMILES string of the molecule is Cc1ccc(S(=O)(=O)NC2CC2)cc1C(=O)NNC(=O)c1ccc(Cl)cc1. The van der Waals surface area contributed by atoms with E-state index in [9.17, 15) is 18.0 Å². The van der Waals surface area contributed by atoms with E-state index in [1.165, 1.54) is 24.3 Å². The van der Waals surface area contributed by atoms with Gasteiger partial charge >= 0.3 is 0 Å². The van der Waals surface area contributed by atoms with Crippen LogP contribution in [-0.4, -0.2) is 26.3 Å². The van der Waals surface area contributed by atoms with Crippen molar-refractivity contribution in [3.8, 4) is 0 Å². The van der Waals surface area contributed by atoms with Crippen molar-refractivity contribution in [3.05, 3.63) is 64.2 Å². The Kier molecular flexibility index (Phi) is 5.50. The van der Waals surface area contributed by atoms with Gasteiger partial charge in [-0.05, 0) is 61.7 Å². The number of halogens is 1. The highest BCUT2D eigenvalue weighted by Gasteiger charge is 2.28. The first-order chi connectivity index (χ1) is 12.8. The average molecular weight is 408 g/mol. The van der Waals surface area contributed by atoms with Crippen LogP contribution in [0.25, 0.3) is 0 Å². The van der Waals surface area contributed by atoms with Gasteiger partial charge in [-0.1, -0.05) is 17.7 Å². The highest BCUT2D eigenvalue weighted by molar-refractivity contribution is 7.89. The largest absolute Gasteiger partial charge is 0.270 e. The van der Waals surface area contributed by atoms with Crippen molar-refractivity contribution in [1.82, 2.24) is 15.6 Å². The summed E-state index contributed by atoms with van der Waals surface area (Å²) in [6, 6.07) is 10.4. The zero-order valence-corrected chi connectivity index (χ0v) is 16.0. The number of hydrogen-bond donors (Lipinski definition) is 3. The molecule has 1 saturated carbocycles. The van der Waals surface area contributed by atoms with Crippen molar-refractivity contribution < 1.29 is 18.0 Å². The minimum absolute atomic E-state index is 0.00850. The smallest absolute Gasteiger partial charge is 0.267 e. The number of amides is 2. The fraction of sp³-hybridized carbons (Fsp3) is 0.222. The van der Waals surface area contributed by atoms with Crippen LogP contribution in [0.1, 0.15) is 39.1 Å². The van der Waals surface area contributed by atoms with E-state index in [-0.39, 0.29) is 16.5 Å². The van der Waals surface area contributed by atoms with Crippen molar-refractivity contribution in [1.29, 1.82) is 0 Å². The summed E-state index contributed by atoms with van der Waals surface area (Å²) in [5.74, 6) is -1.13. The van der Waals surface area contributed by atoms with E-state index in [0.29, 0.717) is 16.1 Å². The van der Waals surface area contributed by atoms with Crippen LogP contribution in [0, 0.1) is 6.92 Å². The number of hydrazine groups is 1. The highest BCUT2D eigenvalue weighted by Crippen LogP contribution is 2.23. The average Bonchev–Trinajstić information content (AvgIpc) is 3.43. The lowest BCUT2D eigenvalue weighted by atomic mass is 10.1. The Bertz CT molecular complexity index is 986. The van der Waals surface area contributed by atoms with E-state index < -0.39 is 21.8 Å². The van der Waals surface area contributed by atoms with Gasteiger partial charge in [0.25, 0.3) is 11.8 Å². The van der Waals surface area contributed by atoms with Crippen molar-refractivity contribution in [2.45, 2.75) is 30.7 Å². The summed E-state index contributed by atoms with van der Waals surface area (Å²) in [6.45, 7) is 1.68. The molecule has 0 radical (unpaired) electrons. The van der Waals surface area contributed by atoms with Crippen LogP contribution in [0.3, 0.4) is 0 Å². The van der Waals surface area contributed by atoms with Crippen LogP contribution >= 0.6 is 11.6 Å². The van der Waals surface area contributed by atoms with E-state index in [2.05, 4.69) is 15.6 Å². The number of rotatable bonds is 5. The maximum atomic E-state index is 12.4. The number of hydrogen-bond acceptors (Lipinski definition) is 4. The Morgan fingerprint density at radius 1 is 1.00 bits per heavy atom. The molecule has 1 aliphatic rings. The molecule has 7 nitrogen and oxygen atoms in total. The number of sulfonamides is 1. The number of aryl methyl sites for hydroxylation is 1. The van der Waals surface area contributed by atoms with Gasteiger partial charge in [0.15, 0.2) is 0 Å². The monoisotopic (exact) mass is 407 g/mol. The molecule has 0 heterocycles. The second-order valence-electron chi connectivity index (χ2n) is 6.29. The highest BCUT2D eigenvalue weighted by atomic mass is 35.5. The summed E-state index contributed by atoms with van der Waals surface area (Å²) in [4.78, 5) is 24.5. The van der Waals surface area contributed by atoms with Gasteiger partial charge in [0, 0.05) is 22.2 Å². The summed E-state index contributed by atoms with van der Waals surface area (Å²) in [5.41, 5.74) is 5.66. The molecule has 0 bridgehead atoms. The molecule has 142 valence electrons. The zero-order chi connectivity index (χ0) is 19.6. The van der Waals surface area contributed by atoms with Crippen molar-refractivity contribution in [2.24, 2.45) is 0 Å². The molecular weight excluding hydrogens is 390 g/mol. The lowest BCUT2D eigenvalue weighted by molar-refractivity contribution is 0.0846. The van der Waals surface area contributed by atoms with E-state index in [4.69, 9.17) is 11.6 Å². The van der Waals surface area contributed by atoms with E-state index in [1.807, 2.05) is 0 Å². The standard InChI is InChI=1S/C18H18ClN3O4S/c1-11-2-9-15(27(25,26)22-14-7-8-14)10-16(11)18(24)21-20-17(23)12-3-5-13(19)6-4-12/h2-6,9-10,14,22H,7-8H2,1H3,(H,20,23)(H,21,24). The third kappa shape index (κ3) is 4.85. The number of benzene rings is 2. The second-order valence-corrected chi connectivity index (χ2v) is 8.44. The molecular formula is C18H18ClN3O4S. The van der Waals surface area contributed by atoms with Crippen LogP contribution in [0.15, 0.2) is 47.4 Å². The molecule has 0 aliphatic heterocycles. The first kappa shape index (κ1) is 19.3. The zero-order valence-electron chi connectivity index (χ0n) is 14.5. The molecule has 27 heavy (non-hydrogen) atoms. The summed E-state index contributed by atoms with van der Waals surface area (Å²) in [6.07, 6.45) is 1.63. The summed E-state index contributed by atoms with van der Waals surface area (Å²) >= 11 is 5.77. The third-order valence-electron chi connectivity index (χ3n) is 4.06. The maximum Gasteiger partial charge on any atom is 0.270 e. The molecule has 3 rings (SSSR count). The molecule has 0 unspecified atom stereocenters. The Balaban J connectivity index is 1.71. The van der Waals surface area contributed by atoms with Crippen molar-refractivity contribution in [3.63, 3.8) is 0 Å². The molecule has 3 N–H and O–H groups in total. The number of carbonyl (C=O) groups is 2. The molecule has 2 aromatic rings. The quantitative estimate of drug-likeness (QED) is 0.660. The normalized spacial score (nSPS) is 13.9. The van der Waals surface area contributed by atoms with Crippen LogP contribution in [0.4, 0.5) is 0 Å². The van der Waals surface area contributed by atoms with Gasteiger partial charge in [-0.2, -0.15) is 0 Å². The lowest BCUT2D eigenvalue weighted by Gasteiger charge is -2.11. The molecule has 2 aromatic carbocycles. The Hall–Kier alpha value is -2.42. The lowest BCUT2D eigenvalue weighted by Crippen LogP contribution is -2.42. The first-order valence-electron chi connectivity index (χ1n) is 8.25. The van der Waals surface area contributed by atoms with Crippen LogP contribution in [-0.2, 0) is 10.0 Å². The van der Waals surface area contributed by atoms with Gasteiger partial charge in [-0.3, -0.25) is 20.4 Å². The fourth-order valence-corrected chi connectivity index (χ4v) is 3.81. The van der Waals surface area contributed by atoms with Crippen molar-refractivity contribution >= 4 is 33.4 Å². The molecule has 1 fully saturated rings. The summed E-state index contributed by atoms with van der Waals surface area (Å²) in [7, 11) is -3.68. The van der Waals surface area contributed by atoms with Crippen molar-refractivity contribution in [2.75, 3.05) is 0 Å². The predicted octanol–water partition coefficient (Wildman–Crippen LogP) is 2.16. The Labute approximate surface area is 162 Å². The first-order valence-corrected chi connectivity index (χ1v) is 10.1. The third-order valence-corrected chi connectivity index (χ3v) is 5.83. The van der Waals surface area contributed by atoms with Gasteiger partial charge in [-0.25, -0.2) is 13.1 Å². The van der Waals surface area contributed by atoms with E-state index in [0.717, 1.165) is 12.8 Å². The Morgan fingerprint density at radius 3 is 2.26 bits per heavy atom. The van der Waals surface area contributed by atoms with Crippen LogP contribution < -0.4 is 15.6 Å². The molecule has 2 amide bonds. The van der Waals surface area contributed by atoms with Gasteiger partial charge in [0.1, 0.15) is 0 Å². The number of carbonyl (C=O) groups excluding carboxylic acids is 2. The summed E-state index contributed by atoms with van der Waals surface area (Å²) < 4.78 is 27.2. The molecule has 0 atom stereocenters. The second kappa shape index (κ2) is 7.67. The fourth-order valence-electron chi connectivity index (χ4n) is 2.36.